The van der Waals surface area contributed by atoms with E-state index in [9.17, 15) is 0 Å². The molecule has 0 unspecified atom stereocenters. The van der Waals surface area contributed by atoms with Gasteiger partial charge in [0.05, 0.1) is 7.11 Å². The van der Waals surface area contributed by atoms with E-state index in [4.69, 9.17) is 4.74 Å². The molecule has 1 saturated carbocycles. The van der Waals surface area contributed by atoms with Crippen LogP contribution < -0.4 is 10.1 Å². The molecule has 2 rings (SSSR count). The molecule has 1 aromatic carbocycles. The van der Waals surface area contributed by atoms with Crippen molar-refractivity contribution in [2.24, 2.45) is 11.8 Å². The Kier molecular flexibility index (Phi) is 5.69. The van der Waals surface area contributed by atoms with Gasteiger partial charge >= 0.3 is 0 Å². The van der Waals surface area contributed by atoms with Gasteiger partial charge in [0.15, 0.2) is 0 Å². The van der Waals surface area contributed by atoms with Crippen molar-refractivity contribution in [2.45, 2.75) is 51.9 Å². The molecule has 21 heavy (non-hydrogen) atoms. The molecule has 0 heterocycles. The summed E-state index contributed by atoms with van der Waals surface area (Å²) >= 11 is 0. The summed E-state index contributed by atoms with van der Waals surface area (Å²) in [4.78, 5) is 0. The molecular weight excluding hydrogens is 258 g/mol. The van der Waals surface area contributed by atoms with E-state index in [1.165, 1.54) is 31.2 Å². The third kappa shape index (κ3) is 4.00. The number of hydrogen-bond acceptors (Lipinski definition) is 2. The van der Waals surface area contributed by atoms with Crippen molar-refractivity contribution >= 4 is 0 Å². The van der Waals surface area contributed by atoms with Crippen molar-refractivity contribution in [3.8, 4) is 5.75 Å². The molecule has 1 N–H and O–H groups in total. The van der Waals surface area contributed by atoms with Gasteiger partial charge in [-0.15, -0.1) is 0 Å². The van der Waals surface area contributed by atoms with Gasteiger partial charge in [0, 0.05) is 12.0 Å². The molecule has 0 aromatic heterocycles. The van der Waals surface area contributed by atoms with E-state index < -0.39 is 0 Å². The zero-order valence-corrected chi connectivity index (χ0v) is 14.1. The van der Waals surface area contributed by atoms with Gasteiger partial charge in [-0.1, -0.05) is 45.7 Å². The smallest absolute Gasteiger partial charge is 0.119 e. The molecule has 0 spiro atoms. The molecule has 1 aliphatic rings. The van der Waals surface area contributed by atoms with Gasteiger partial charge in [0.2, 0.25) is 0 Å². The van der Waals surface area contributed by atoms with E-state index in [-0.39, 0.29) is 0 Å². The molecule has 1 fully saturated rings. The predicted molar refractivity (Wildman–Crippen MR) is 90.0 cm³/mol. The highest BCUT2D eigenvalue weighted by atomic mass is 16.5. The van der Waals surface area contributed by atoms with E-state index in [1.54, 1.807) is 7.11 Å². The van der Waals surface area contributed by atoms with Crippen molar-refractivity contribution < 1.29 is 4.74 Å². The van der Waals surface area contributed by atoms with Crippen LogP contribution >= 0.6 is 0 Å². The van der Waals surface area contributed by atoms with Crippen LogP contribution in [0, 0.1) is 11.8 Å². The van der Waals surface area contributed by atoms with E-state index in [0.29, 0.717) is 11.3 Å². The Balaban J connectivity index is 2.08. The second-order valence-electron chi connectivity index (χ2n) is 7.10. The standard InChI is InChI=1S/C19H31NO/c1-5-7-16-11-19(12-16,14-20-13-15(2)3)17-8-6-9-18(10-17)21-4/h6,8-10,15-16,20H,5,7,11-14H2,1-4H3. The zero-order chi connectivity index (χ0) is 15.3. The van der Waals surface area contributed by atoms with Crippen LogP contribution in [0.3, 0.4) is 0 Å². The van der Waals surface area contributed by atoms with Crippen LogP contribution in [-0.4, -0.2) is 20.2 Å². The highest BCUT2D eigenvalue weighted by Gasteiger charge is 2.44. The molecule has 1 aromatic rings. The SMILES string of the molecule is CCCC1CC(CNCC(C)C)(c2cccc(OC)c2)C1. The van der Waals surface area contributed by atoms with E-state index in [1.807, 2.05) is 6.07 Å². The van der Waals surface area contributed by atoms with Crippen LogP contribution in [0.15, 0.2) is 24.3 Å². The van der Waals surface area contributed by atoms with Crippen LogP contribution in [0.4, 0.5) is 0 Å². The molecule has 2 nitrogen and oxygen atoms in total. The lowest BCUT2D eigenvalue weighted by Gasteiger charge is -2.49. The summed E-state index contributed by atoms with van der Waals surface area (Å²) in [6, 6.07) is 8.69. The van der Waals surface area contributed by atoms with Crippen LogP contribution in [0.5, 0.6) is 5.75 Å². The van der Waals surface area contributed by atoms with Gasteiger partial charge in [-0.25, -0.2) is 0 Å². The van der Waals surface area contributed by atoms with E-state index >= 15 is 0 Å². The number of methoxy groups -OCH3 is 1. The first kappa shape index (κ1) is 16.4. The number of rotatable bonds is 8. The minimum Gasteiger partial charge on any atom is -0.497 e. The van der Waals surface area contributed by atoms with Crippen LogP contribution in [0.1, 0.15) is 52.0 Å². The maximum atomic E-state index is 5.42. The third-order valence-corrected chi connectivity index (χ3v) is 4.75. The summed E-state index contributed by atoms with van der Waals surface area (Å²) in [6.45, 7) is 9.03. The highest BCUT2D eigenvalue weighted by Crippen LogP contribution is 2.49. The number of benzene rings is 1. The molecular formula is C19H31NO. The Bertz CT molecular complexity index is 435. The summed E-state index contributed by atoms with van der Waals surface area (Å²) in [5.41, 5.74) is 1.77. The minimum atomic E-state index is 0.323. The predicted octanol–water partition coefficient (Wildman–Crippen LogP) is 4.39. The monoisotopic (exact) mass is 289 g/mol. The maximum absolute atomic E-state index is 5.42. The zero-order valence-electron chi connectivity index (χ0n) is 14.1. The Morgan fingerprint density at radius 2 is 2.10 bits per heavy atom. The molecule has 0 amide bonds. The Morgan fingerprint density at radius 1 is 1.33 bits per heavy atom. The third-order valence-electron chi connectivity index (χ3n) is 4.75. The van der Waals surface area contributed by atoms with E-state index in [0.717, 1.165) is 24.8 Å². The average molecular weight is 289 g/mol. The average Bonchev–Trinajstić information content (AvgIpc) is 2.44. The summed E-state index contributed by atoms with van der Waals surface area (Å²) in [6.07, 6.45) is 5.31. The first-order valence-electron chi connectivity index (χ1n) is 8.45. The maximum Gasteiger partial charge on any atom is 0.119 e. The topological polar surface area (TPSA) is 21.3 Å². The van der Waals surface area contributed by atoms with Gasteiger partial charge < -0.3 is 10.1 Å². The normalized spacial score (nSPS) is 24.9. The van der Waals surface area contributed by atoms with Gasteiger partial charge in [0.1, 0.15) is 5.75 Å². The first-order chi connectivity index (χ1) is 10.1. The Morgan fingerprint density at radius 3 is 2.71 bits per heavy atom. The van der Waals surface area contributed by atoms with Gasteiger partial charge in [0.25, 0.3) is 0 Å². The van der Waals surface area contributed by atoms with Gasteiger partial charge in [-0.2, -0.15) is 0 Å². The quantitative estimate of drug-likeness (QED) is 0.766. The minimum absolute atomic E-state index is 0.323. The van der Waals surface area contributed by atoms with Crippen molar-refractivity contribution in [3.63, 3.8) is 0 Å². The summed E-state index contributed by atoms with van der Waals surface area (Å²) < 4.78 is 5.42. The van der Waals surface area contributed by atoms with Crippen molar-refractivity contribution in [3.05, 3.63) is 29.8 Å². The molecule has 118 valence electrons. The van der Waals surface area contributed by atoms with Crippen LogP contribution in [-0.2, 0) is 5.41 Å². The first-order valence-corrected chi connectivity index (χ1v) is 8.45. The number of nitrogens with one attached hydrogen (secondary N) is 1. The molecule has 0 atom stereocenters. The van der Waals surface area contributed by atoms with Crippen molar-refractivity contribution in [1.29, 1.82) is 0 Å². The summed E-state index contributed by atoms with van der Waals surface area (Å²) in [7, 11) is 1.75. The Hall–Kier alpha value is -1.02. The number of hydrogen-bond donors (Lipinski definition) is 1. The van der Waals surface area contributed by atoms with Gasteiger partial charge in [-0.3, -0.25) is 0 Å². The lowest BCUT2D eigenvalue weighted by molar-refractivity contribution is 0.127. The van der Waals surface area contributed by atoms with E-state index in [2.05, 4.69) is 44.3 Å². The summed E-state index contributed by atoms with van der Waals surface area (Å²) in [5, 5.41) is 3.69. The largest absolute Gasteiger partial charge is 0.497 e. The van der Waals surface area contributed by atoms with Crippen LogP contribution in [0.2, 0.25) is 0 Å². The van der Waals surface area contributed by atoms with Crippen LogP contribution in [0.25, 0.3) is 0 Å². The second-order valence-corrected chi connectivity index (χ2v) is 7.10. The Labute approximate surface area is 130 Å². The number of ether oxygens (including phenoxy) is 1. The molecule has 0 radical (unpaired) electrons. The second kappa shape index (κ2) is 7.31. The molecule has 0 bridgehead atoms. The lowest BCUT2D eigenvalue weighted by atomic mass is 9.57. The fraction of sp³-hybridized carbons (Fsp3) is 0.684. The fourth-order valence-corrected chi connectivity index (χ4v) is 3.69. The lowest BCUT2D eigenvalue weighted by Crippen LogP contribution is -2.49. The molecule has 0 aliphatic heterocycles. The molecule has 0 saturated heterocycles. The van der Waals surface area contributed by atoms with Gasteiger partial charge in [-0.05, 0) is 48.9 Å². The highest BCUT2D eigenvalue weighted by molar-refractivity contribution is 5.36. The summed E-state index contributed by atoms with van der Waals surface area (Å²) in [5.74, 6) is 2.59. The molecule has 2 heteroatoms. The van der Waals surface area contributed by atoms with Crippen molar-refractivity contribution in [1.82, 2.24) is 5.32 Å². The van der Waals surface area contributed by atoms with Crippen molar-refractivity contribution in [2.75, 3.05) is 20.2 Å². The molecule has 1 aliphatic carbocycles. The fourth-order valence-electron chi connectivity index (χ4n) is 3.69.